The summed E-state index contributed by atoms with van der Waals surface area (Å²) in [4.78, 5) is 0. The molecule has 0 aliphatic rings. The van der Waals surface area contributed by atoms with Crippen LogP contribution in [0.1, 0.15) is 12.8 Å². The Morgan fingerprint density at radius 3 is 0.491 bits per heavy atom. The smallest absolute Gasteiger partial charge is 0.314 e. The molecule has 0 saturated carbocycles. The van der Waals surface area contributed by atoms with E-state index in [1.54, 1.807) is 0 Å². The maximum atomic E-state index is 6.84. The van der Waals surface area contributed by atoms with Gasteiger partial charge in [0, 0.05) is 11.8 Å². The van der Waals surface area contributed by atoms with E-state index in [1.807, 2.05) is 0 Å². The lowest BCUT2D eigenvalue weighted by Crippen LogP contribution is -2.62. The second kappa shape index (κ2) is 20.9. The zero-order chi connectivity index (χ0) is 44.0. The topological polar surface area (TPSA) is 102 Å². The normalized spacial score (nSPS) is 15.6. The van der Waals surface area contributed by atoms with E-state index in [2.05, 4.69) is 157 Å². The van der Waals surface area contributed by atoms with Crippen LogP contribution in [-0.2, 0) is 45.3 Å². The van der Waals surface area contributed by atoms with Gasteiger partial charge in [-0.2, -0.15) is 0 Å². The molecule has 0 heterocycles. The summed E-state index contributed by atoms with van der Waals surface area (Å²) in [5.41, 5.74) is 0. The van der Waals surface area contributed by atoms with Gasteiger partial charge in [-0.05, 0) is 182 Å². The van der Waals surface area contributed by atoms with Crippen LogP contribution in [-0.4, -0.2) is 114 Å². The van der Waals surface area contributed by atoms with Crippen molar-refractivity contribution in [2.75, 3.05) is 11.8 Å². The summed E-state index contributed by atoms with van der Waals surface area (Å²) in [7, 11) is -30.3. The highest BCUT2D eigenvalue weighted by Gasteiger charge is 2.51. The summed E-state index contributed by atoms with van der Waals surface area (Å²) in [5.74, 6) is 1.30. The molecular weight excluding hydrogens is 944 g/mol. The molecule has 0 amide bonds. The van der Waals surface area contributed by atoms with Crippen molar-refractivity contribution in [1.82, 2.24) is 0 Å². The third-order valence-electron chi connectivity index (χ3n) is 7.29. The van der Waals surface area contributed by atoms with Gasteiger partial charge in [-0.3, -0.25) is 0 Å². The number of hydrogen-bond acceptors (Lipinski definition) is 11. The fourth-order valence-electron chi connectivity index (χ4n) is 7.95. The van der Waals surface area contributed by atoms with Gasteiger partial charge in [0.2, 0.25) is 0 Å². The fourth-order valence-corrected chi connectivity index (χ4v) is 70.2. The maximum Gasteiger partial charge on any atom is 0.314 e. The first-order valence-corrected chi connectivity index (χ1v) is 55.2. The highest BCUT2D eigenvalue weighted by molar-refractivity contribution is 6.94. The molecule has 0 aliphatic heterocycles. The van der Waals surface area contributed by atoms with E-state index in [9.17, 15) is 0 Å². The number of alkyl halides is 2. The molecule has 0 rings (SSSR count). The Labute approximate surface area is 361 Å². The Kier molecular flexibility index (Phi) is 22.0. The molecule has 0 saturated heterocycles. The van der Waals surface area contributed by atoms with Gasteiger partial charge in [-0.25, -0.2) is 0 Å². The van der Waals surface area contributed by atoms with E-state index in [-0.39, 0.29) is 0 Å². The van der Waals surface area contributed by atoms with Gasteiger partial charge in [0.15, 0.2) is 16.6 Å². The van der Waals surface area contributed by atoms with Crippen LogP contribution >= 0.6 is 23.2 Å². The molecular formula is C30H84Cl2O11Si12. The largest absolute Gasteiger partial charge is 0.436 e. The summed E-state index contributed by atoms with van der Waals surface area (Å²) in [5, 5.41) is 0. The van der Waals surface area contributed by atoms with Crippen molar-refractivity contribution in [3.63, 3.8) is 0 Å². The summed E-state index contributed by atoms with van der Waals surface area (Å²) in [6.07, 6.45) is 1.91. The molecule has 0 spiro atoms. The van der Waals surface area contributed by atoms with E-state index in [4.69, 9.17) is 68.5 Å². The van der Waals surface area contributed by atoms with Gasteiger partial charge >= 0.3 is 85.6 Å². The molecule has 55 heavy (non-hydrogen) atoms. The second-order valence-electron chi connectivity index (χ2n) is 20.2. The highest BCUT2D eigenvalue weighted by atomic mass is 35.5. The van der Waals surface area contributed by atoms with Crippen LogP contribution in [0.3, 0.4) is 0 Å². The van der Waals surface area contributed by atoms with Crippen LogP contribution in [0, 0.1) is 0 Å². The third-order valence-corrected chi connectivity index (χ3v) is 54.7. The van der Waals surface area contributed by atoms with Gasteiger partial charge in [0.25, 0.3) is 0 Å². The molecule has 0 aliphatic carbocycles. The molecule has 0 N–H and O–H groups in total. The van der Waals surface area contributed by atoms with E-state index in [1.165, 1.54) is 0 Å². The van der Waals surface area contributed by atoms with Crippen molar-refractivity contribution >= 4 is 125 Å². The van der Waals surface area contributed by atoms with Crippen LogP contribution in [0.2, 0.25) is 169 Å². The Balaban J connectivity index is 5.58. The first-order valence-electron chi connectivity index (χ1n) is 19.7. The Morgan fingerprint density at radius 2 is 0.364 bits per heavy atom. The molecule has 0 aromatic heterocycles. The number of hydrogen-bond donors (Lipinski definition) is 0. The lowest BCUT2D eigenvalue weighted by molar-refractivity contribution is 0.253. The highest BCUT2D eigenvalue weighted by Crippen LogP contribution is 2.32. The summed E-state index contributed by atoms with van der Waals surface area (Å²) < 4.78 is 74.5. The Bertz CT molecular complexity index is 1100. The van der Waals surface area contributed by atoms with Gasteiger partial charge < -0.3 is 45.3 Å². The van der Waals surface area contributed by atoms with E-state index < -0.39 is 102 Å². The number of halogens is 2. The molecule has 0 bridgehead atoms. The summed E-state index contributed by atoms with van der Waals surface area (Å²) >= 11 is 12.0. The minimum atomic E-state index is -2.74. The lowest BCUT2D eigenvalue weighted by Gasteiger charge is -2.45. The van der Waals surface area contributed by atoms with Crippen LogP contribution in [0.25, 0.3) is 0 Å². The first-order chi connectivity index (χ1) is 23.9. The molecule has 0 aromatic rings. The SMILES string of the molecule is C[Si](C)(CCCCl)O[Si](C)(C)O[Si](C)(C)O[Si](C)(C)O[Si](C)(C)O[Si](C)(C)O[Si](C)(C)O[Si](C)(C)O[Si](C)(C)O[Si](C)(C)O[Si](C)(C)O[Si](C)(C)CCCCl. The molecule has 0 fully saturated rings. The van der Waals surface area contributed by atoms with Crippen molar-refractivity contribution in [3.8, 4) is 0 Å². The van der Waals surface area contributed by atoms with Crippen molar-refractivity contribution in [1.29, 1.82) is 0 Å². The molecule has 0 aromatic carbocycles. The second-order valence-corrected chi connectivity index (χ2v) is 66.0. The van der Waals surface area contributed by atoms with Crippen molar-refractivity contribution in [2.45, 2.75) is 182 Å². The molecule has 0 radical (unpaired) electrons. The van der Waals surface area contributed by atoms with E-state index in [0.29, 0.717) is 11.8 Å². The zero-order valence-electron chi connectivity index (χ0n) is 39.5. The number of rotatable bonds is 28. The van der Waals surface area contributed by atoms with E-state index >= 15 is 0 Å². The van der Waals surface area contributed by atoms with Crippen molar-refractivity contribution in [2.24, 2.45) is 0 Å². The van der Waals surface area contributed by atoms with Crippen LogP contribution in [0.15, 0.2) is 0 Å². The maximum absolute atomic E-state index is 6.84. The Morgan fingerprint density at radius 1 is 0.236 bits per heavy atom. The van der Waals surface area contributed by atoms with Crippen LogP contribution < -0.4 is 0 Å². The van der Waals surface area contributed by atoms with Gasteiger partial charge in [0.05, 0.1) is 0 Å². The molecule has 11 nitrogen and oxygen atoms in total. The molecule has 0 unspecified atom stereocenters. The lowest BCUT2D eigenvalue weighted by atomic mass is 10.6. The quantitative estimate of drug-likeness (QED) is 0.0553. The van der Waals surface area contributed by atoms with Gasteiger partial charge in [-0.15, -0.1) is 23.2 Å². The van der Waals surface area contributed by atoms with Crippen molar-refractivity contribution < 1.29 is 45.3 Å². The zero-order valence-corrected chi connectivity index (χ0v) is 53.0. The van der Waals surface area contributed by atoms with Crippen LogP contribution in [0.5, 0.6) is 0 Å². The van der Waals surface area contributed by atoms with Crippen LogP contribution in [0.4, 0.5) is 0 Å². The molecule has 25 heteroatoms. The third kappa shape index (κ3) is 27.4. The minimum Gasteiger partial charge on any atom is -0.436 e. The predicted octanol–water partition coefficient (Wildman–Crippen LogP) is 11.9. The monoisotopic (exact) mass is 1030 g/mol. The predicted molar refractivity (Wildman–Crippen MR) is 262 cm³/mol. The Hall–Kier alpha value is 2.74. The molecule has 0 atom stereocenters. The average Bonchev–Trinajstić information content (AvgIpc) is 2.77. The minimum absolute atomic E-state index is 0.648. The molecule has 332 valence electrons. The average molecular weight is 1030 g/mol. The standard InChI is InChI=1S/C30H84Cl2O11Si12/c1-44(2,29-25-27-31)33-46(5,6)35-48(9,10)37-50(13,14)39-52(17,18)41-54(21,22)43-55(23,24)42-53(19,20)40-51(15,16)38-49(11,12)36-47(7,8)34-45(3,4)30-26-28-32/h25-30H2,1-24H3. The summed E-state index contributed by atoms with van der Waals surface area (Å²) in [6, 6.07) is 2.02. The van der Waals surface area contributed by atoms with Crippen molar-refractivity contribution in [3.05, 3.63) is 0 Å². The first kappa shape index (κ1) is 57.7. The van der Waals surface area contributed by atoms with Gasteiger partial charge in [-0.1, -0.05) is 0 Å². The summed E-state index contributed by atoms with van der Waals surface area (Å²) in [6.45, 7) is 50.6. The van der Waals surface area contributed by atoms with E-state index in [0.717, 1.165) is 24.9 Å². The fraction of sp³-hybridized carbons (Fsp3) is 1.00. The van der Waals surface area contributed by atoms with Gasteiger partial charge in [0.1, 0.15) is 0 Å².